The van der Waals surface area contributed by atoms with E-state index in [1.165, 1.54) is 20.8 Å². The number of esters is 2. The molecule has 0 aromatic rings. The molecule has 0 bridgehead atoms. The van der Waals surface area contributed by atoms with Gasteiger partial charge in [-0.2, -0.15) is 26.3 Å². The van der Waals surface area contributed by atoms with Crippen molar-refractivity contribution in [1.82, 2.24) is 5.32 Å². The zero-order valence-electron chi connectivity index (χ0n) is 15.9. The summed E-state index contributed by atoms with van der Waals surface area (Å²) in [4.78, 5) is 24.6. The van der Waals surface area contributed by atoms with Gasteiger partial charge < -0.3 is 19.7 Å². The third-order valence-electron chi connectivity index (χ3n) is 4.71. The summed E-state index contributed by atoms with van der Waals surface area (Å²) in [5.41, 5.74) is -9.04. The fourth-order valence-electron chi connectivity index (χ4n) is 3.57. The van der Waals surface area contributed by atoms with Crippen molar-refractivity contribution in [3.63, 3.8) is 0 Å². The maximum Gasteiger partial charge on any atom is 0.431 e. The lowest BCUT2D eigenvalue weighted by atomic mass is 9.65. The van der Waals surface area contributed by atoms with Crippen molar-refractivity contribution in [3.8, 4) is 0 Å². The number of alkyl halides is 6. The molecule has 1 heterocycles. The van der Waals surface area contributed by atoms with Crippen LogP contribution in [0, 0.1) is 17.8 Å². The van der Waals surface area contributed by atoms with E-state index in [0.29, 0.717) is 5.32 Å². The summed E-state index contributed by atoms with van der Waals surface area (Å²) in [7, 11) is 0. The molecule has 1 aliphatic heterocycles. The van der Waals surface area contributed by atoms with Crippen LogP contribution in [-0.2, 0) is 19.1 Å². The molecule has 7 nitrogen and oxygen atoms in total. The Hall–Kier alpha value is -1.60. The Morgan fingerprint density at radius 2 is 1.21 bits per heavy atom. The van der Waals surface area contributed by atoms with Crippen molar-refractivity contribution in [1.29, 1.82) is 0 Å². The van der Waals surface area contributed by atoms with Crippen LogP contribution in [0.5, 0.6) is 0 Å². The molecule has 1 rings (SSSR count). The van der Waals surface area contributed by atoms with Crippen molar-refractivity contribution in [2.45, 2.75) is 57.4 Å². The molecule has 0 aliphatic carbocycles. The Labute approximate surface area is 162 Å². The highest BCUT2D eigenvalue weighted by molar-refractivity contribution is 5.79. The molecule has 1 fully saturated rings. The largest absolute Gasteiger partial charge is 0.466 e. The van der Waals surface area contributed by atoms with E-state index >= 15 is 0 Å². The van der Waals surface area contributed by atoms with Crippen LogP contribution in [0.15, 0.2) is 0 Å². The molecule has 0 radical (unpaired) electrons. The first-order valence-electron chi connectivity index (χ1n) is 8.83. The fourth-order valence-corrected chi connectivity index (χ4v) is 3.57. The van der Waals surface area contributed by atoms with Gasteiger partial charge in [-0.05, 0) is 26.2 Å². The first-order chi connectivity index (χ1) is 13.1. The van der Waals surface area contributed by atoms with Gasteiger partial charge in [-0.15, -0.1) is 0 Å². The second kappa shape index (κ2) is 8.64. The second-order valence-electron chi connectivity index (χ2n) is 6.57. The Morgan fingerprint density at radius 1 is 0.862 bits per heavy atom. The van der Waals surface area contributed by atoms with E-state index in [1.807, 2.05) is 0 Å². The number of piperidine rings is 1. The molecule has 0 spiro atoms. The number of carbonyl (C=O) groups excluding carboxylic acids is 2. The van der Waals surface area contributed by atoms with E-state index in [9.17, 15) is 46.1 Å². The molecule has 4 unspecified atom stereocenters. The number of hydrogen-bond acceptors (Lipinski definition) is 7. The predicted octanol–water partition coefficient (Wildman–Crippen LogP) is 1.87. The van der Waals surface area contributed by atoms with Crippen molar-refractivity contribution < 1.29 is 55.6 Å². The molecule has 1 aliphatic rings. The number of carbonyl (C=O) groups is 2. The Kier molecular flexibility index (Phi) is 7.58. The third-order valence-corrected chi connectivity index (χ3v) is 4.71. The van der Waals surface area contributed by atoms with E-state index in [4.69, 9.17) is 0 Å². The van der Waals surface area contributed by atoms with Crippen LogP contribution in [0.1, 0.15) is 33.6 Å². The summed E-state index contributed by atoms with van der Waals surface area (Å²) in [6.45, 7) is 2.99. The number of rotatable bonds is 6. The summed E-state index contributed by atoms with van der Waals surface area (Å²) < 4.78 is 91.2. The minimum atomic E-state index is -5.84. The molecular weight excluding hydrogens is 416 g/mol. The van der Waals surface area contributed by atoms with Crippen molar-refractivity contribution >= 4 is 11.9 Å². The number of aliphatic hydroxyl groups is 2. The van der Waals surface area contributed by atoms with Crippen LogP contribution in [0.25, 0.3) is 0 Å². The molecule has 1 saturated heterocycles. The minimum Gasteiger partial charge on any atom is -0.466 e. The van der Waals surface area contributed by atoms with Crippen LogP contribution < -0.4 is 5.32 Å². The SMILES string of the molecule is CCCC1C(C(=O)OCC)C(O)(C(F)(F)F)NC(O)(C(F)(F)F)C1C(=O)OCC. The molecule has 170 valence electrons. The summed E-state index contributed by atoms with van der Waals surface area (Å²) >= 11 is 0. The van der Waals surface area contributed by atoms with E-state index in [0.717, 1.165) is 0 Å². The van der Waals surface area contributed by atoms with Crippen molar-refractivity contribution in [2.75, 3.05) is 13.2 Å². The van der Waals surface area contributed by atoms with Gasteiger partial charge >= 0.3 is 24.3 Å². The third kappa shape index (κ3) is 4.45. The summed E-state index contributed by atoms with van der Waals surface area (Å²) in [5, 5.41) is 21.2. The van der Waals surface area contributed by atoms with Crippen LogP contribution in [0.3, 0.4) is 0 Å². The van der Waals surface area contributed by atoms with E-state index in [-0.39, 0.29) is 6.42 Å². The fraction of sp³-hybridized carbons (Fsp3) is 0.875. The van der Waals surface area contributed by atoms with Crippen LogP contribution in [0.4, 0.5) is 26.3 Å². The normalized spacial score (nSPS) is 33.3. The molecule has 0 aromatic heterocycles. The van der Waals surface area contributed by atoms with Gasteiger partial charge in [-0.3, -0.25) is 9.59 Å². The Bertz CT molecular complexity index is 564. The standard InChI is InChI=1S/C16H23F6NO6/c1-4-7-8-9(11(24)28-5-2)13(26,15(17,18)19)23-14(27,16(20,21)22)10(8)12(25)29-6-3/h8-10,23,26-27H,4-7H2,1-3H3. The number of ether oxygens (including phenoxy) is 2. The quantitative estimate of drug-likeness (QED) is 0.429. The van der Waals surface area contributed by atoms with Gasteiger partial charge in [0, 0.05) is 0 Å². The highest BCUT2D eigenvalue weighted by Crippen LogP contribution is 2.53. The van der Waals surface area contributed by atoms with E-state index in [1.54, 1.807) is 0 Å². The first kappa shape index (κ1) is 25.4. The smallest absolute Gasteiger partial charge is 0.431 e. The first-order valence-corrected chi connectivity index (χ1v) is 8.83. The molecular formula is C16H23F6NO6. The Balaban J connectivity index is 3.82. The maximum atomic E-state index is 13.7. The van der Waals surface area contributed by atoms with Crippen molar-refractivity contribution in [2.24, 2.45) is 17.8 Å². The molecule has 0 saturated carbocycles. The number of hydrogen-bond donors (Lipinski definition) is 3. The van der Waals surface area contributed by atoms with E-state index in [2.05, 4.69) is 9.47 Å². The molecule has 29 heavy (non-hydrogen) atoms. The average molecular weight is 439 g/mol. The van der Waals surface area contributed by atoms with Gasteiger partial charge in [-0.25, -0.2) is 5.32 Å². The highest BCUT2D eigenvalue weighted by Gasteiger charge is 2.78. The van der Waals surface area contributed by atoms with Crippen LogP contribution >= 0.6 is 0 Å². The van der Waals surface area contributed by atoms with Crippen LogP contribution in [-0.4, -0.2) is 59.2 Å². The topological polar surface area (TPSA) is 105 Å². The summed E-state index contributed by atoms with van der Waals surface area (Å²) in [6.07, 6.45) is -12.3. The lowest BCUT2D eigenvalue weighted by molar-refractivity contribution is -0.382. The lowest BCUT2D eigenvalue weighted by Gasteiger charge is -2.54. The van der Waals surface area contributed by atoms with Gasteiger partial charge in [0.15, 0.2) is 0 Å². The van der Waals surface area contributed by atoms with Gasteiger partial charge in [-0.1, -0.05) is 13.3 Å². The Morgan fingerprint density at radius 3 is 1.45 bits per heavy atom. The monoisotopic (exact) mass is 439 g/mol. The molecule has 4 atom stereocenters. The van der Waals surface area contributed by atoms with Crippen molar-refractivity contribution in [3.05, 3.63) is 0 Å². The average Bonchev–Trinajstić information content (AvgIpc) is 2.53. The summed E-state index contributed by atoms with van der Waals surface area (Å²) in [5.74, 6) is -10.8. The minimum absolute atomic E-state index is 0.0711. The number of nitrogens with one attached hydrogen (secondary N) is 1. The molecule has 13 heteroatoms. The maximum absolute atomic E-state index is 13.7. The molecule has 0 aromatic carbocycles. The molecule has 3 N–H and O–H groups in total. The molecule has 0 amide bonds. The van der Waals surface area contributed by atoms with Gasteiger partial charge in [0.2, 0.25) is 11.4 Å². The van der Waals surface area contributed by atoms with Gasteiger partial charge in [0.25, 0.3) is 0 Å². The summed E-state index contributed by atoms with van der Waals surface area (Å²) in [6, 6.07) is 0. The lowest BCUT2D eigenvalue weighted by Crippen LogP contribution is -2.82. The number of halogens is 6. The highest BCUT2D eigenvalue weighted by atomic mass is 19.4. The zero-order chi connectivity index (χ0) is 22.8. The van der Waals surface area contributed by atoms with Crippen LogP contribution in [0.2, 0.25) is 0 Å². The van der Waals surface area contributed by atoms with E-state index < -0.39 is 73.1 Å². The zero-order valence-corrected chi connectivity index (χ0v) is 15.9. The van der Waals surface area contributed by atoms with Gasteiger partial charge in [0.1, 0.15) is 11.8 Å². The second-order valence-corrected chi connectivity index (χ2v) is 6.57. The van der Waals surface area contributed by atoms with Gasteiger partial charge in [0.05, 0.1) is 13.2 Å². The predicted molar refractivity (Wildman–Crippen MR) is 83.8 cm³/mol.